The predicted octanol–water partition coefficient (Wildman–Crippen LogP) is 2.69. The van der Waals surface area contributed by atoms with Crippen molar-refractivity contribution in [1.82, 2.24) is 4.90 Å². The van der Waals surface area contributed by atoms with Gasteiger partial charge in [0.2, 0.25) is 0 Å². The van der Waals surface area contributed by atoms with E-state index < -0.39 is 0 Å². The van der Waals surface area contributed by atoms with E-state index in [-0.39, 0.29) is 5.92 Å². The Morgan fingerprint density at radius 1 is 1.10 bits per heavy atom. The van der Waals surface area contributed by atoms with Crippen LogP contribution in [0.15, 0.2) is 0 Å². The van der Waals surface area contributed by atoms with Gasteiger partial charge in [-0.05, 0) is 39.0 Å². The molecule has 0 saturated heterocycles. The minimum atomic E-state index is 0.162. The first-order valence-corrected chi connectivity index (χ1v) is 8.02. The summed E-state index contributed by atoms with van der Waals surface area (Å²) >= 11 is 0. The van der Waals surface area contributed by atoms with Crippen molar-refractivity contribution in [2.75, 3.05) is 39.5 Å². The van der Waals surface area contributed by atoms with Crippen LogP contribution >= 0.6 is 0 Å². The second-order valence-electron chi connectivity index (χ2n) is 5.65. The van der Waals surface area contributed by atoms with Gasteiger partial charge >= 0.3 is 0 Å². The third kappa shape index (κ3) is 5.78. The number of nitrogens with zero attached hydrogens (tertiary/aromatic N) is 2. The summed E-state index contributed by atoms with van der Waals surface area (Å²) in [5, 5.41) is 9.40. The molecule has 1 aliphatic carbocycles. The molecule has 0 bridgehead atoms. The molecular weight excluding hydrogens is 252 g/mol. The second-order valence-corrected chi connectivity index (χ2v) is 5.65. The molecule has 0 aromatic heterocycles. The van der Waals surface area contributed by atoms with E-state index in [0.717, 1.165) is 52.4 Å². The van der Waals surface area contributed by atoms with E-state index in [2.05, 4.69) is 17.9 Å². The summed E-state index contributed by atoms with van der Waals surface area (Å²) in [6.45, 7) is 11.1. The Balaban J connectivity index is 2.59. The minimum absolute atomic E-state index is 0.162. The number of rotatable bonds is 9. The molecule has 4 heteroatoms. The Morgan fingerprint density at radius 2 is 1.70 bits per heavy atom. The van der Waals surface area contributed by atoms with Crippen molar-refractivity contribution >= 4 is 0 Å². The fourth-order valence-electron chi connectivity index (χ4n) is 3.00. The first-order valence-electron chi connectivity index (χ1n) is 8.02. The van der Waals surface area contributed by atoms with Crippen LogP contribution in [0.1, 0.15) is 40.0 Å². The predicted molar refractivity (Wildman–Crippen MR) is 80.5 cm³/mol. The maximum Gasteiger partial charge on any atom is 0.0672 e. The van der Waals surface area contributed by atoms with Crippen molar-refractivity contribution in [1.29, 1.82) is 5.26 Å². The van der Waals surface area contributed by atoms with Gasteiger partial charge < -0.3 is 9.47 Å². The molecule has 0 aromatic rings. The Bertz CT molecular complexity index is 281. The van der Waals surface area contributed by atoms with Crippen molar-refractivity contribution in [3.63, 3.8) is 0 Å². The average molecular weight is 282 g/mol. The molecule has 1 fully saturated rings. The van der Waals surface area contributed by atoms with Gasteiger partial charge in [0, 0.05) is 32.3 Å². The first-order chi connectivity index (χ1) is 9.72. The summed E-state index contributed by atoms with van der Waals surface area (Å²) in [6, 6.07) is 2.88. The fraction of sp³-hybridized carbons (Fsp3) is 0.938. The van der Waals surface area contributed by atoms with Gasteiger partial charge in [-0.2, -0.15) is 5.26 Å². The van der Waals surface area contributed by atoms with Gasteiger partial charge in [-0.25, -0.2) is 0 Å². The van der Waals surface area contributed by atoms with Crippen molar-refractivity contribution in [3.8, 4) is 6.07 Å². The molecule has 20 heavy (non-hydrogen) atoms. The molecule has 4 nitrogen and oxygen atoms in total. The summed E-state index contributed by atoms with van der Waals surface area (Å²) in [5.41, 5.74) is 0. The van der Waals surface area contributed by atoms with Crippen LogP contribution in [-0.4, -0.2) is 50.5 Å². The molecule has 0 amide bonds. The lowest BCUT2D eigenvalue weighted by molar-refractivity contribution is 0.0353. The third-order valence-corrected chi connectivity index (χ3v) is 4.17. The van der Waals surface area contributed by atoms with E-state index in [9.17, 15) is 5.26 Å². The van der Waals surface area contributed by atoms with Crippen LogP contribution in [-0.2, 0) is 9.47 Å². The quantitative estimate of drug-likeness (QED) is 0.610. The van der Waals surface area contributed by atoms with E-state index in [1.807, 2.05) is 13.8 Å². The Labute approximate surface area is 124 Å². The molecule has 0 heterocycles. The zero-order valence-corrected chi connectivity index (χ0v) is 13.3. The summed E-state index contributed by atoms with van der Waals surface area (Å²) in [7, 11) is 0. The molecule has 0 aromatic carbocycles. The lowest BCUT2D eigenvalue weighted by Gasteiger charge is -2.39. The molecule has 1 saturated carbocycles. The van der Waals surface area contributed by atoms with Gasteiger partial charge in [0.25, 0.3) is 0 Å². The van der Waals surface area contributed by atoms with Gasteiger partial charge in [-0.15, -0.1) is 0 Å². The van der Waals surface area contributed by atoms with Crippen LogP contribution in [0.3, 0.4) is 0 Å². The largest absolute Gasteiger partial charge is 0.380 e. The molecule has 3 atom stereocenters. The molecule has 0 aliphatic heterocycles. The van der Waals surface area contributed by atoms with E-state index in [0.29, 0.717) is 12.0 Å². The zero-order chi connectivity index (χ0) is 14.8. The number of nitriles is 1. The van der Waals surface area contributed by atoms with Crippen molar-refractivity contribution in [2.24, 2.45) is 11.8 Å². The SMILES string of the molecule is CCOCCN(CCOCC)C1CC(C)CCC1C#N. The number of ether oxygens (including phenoxy) is 2. The highest BCUT2D eigenvalue weighted by atomic mass is 16.5. The highest BCUT2D eigenvalue weighted by molar-refractivity contribution is 4.97. The van der Waals surface area contributed by atoms with Crippen LogP contribution in [0.25, 0.3) is 0 Å². The topological polar surface area (TPSA) is 45.5 Å². The fourth-order valence-corrected chi connectivity index (χ4v) is 3.00. The van der Waals surface area contributed by atoms with E-state index >= 15 is 0 Å². The van der Waals surface area contributed by atoms with Crippen molar-refractivity contribution in [3.05, 3.63) is 0 Å². The van der Waals surface area contributed by atoms with E-state index in [1.165, 1.54) is 6.42 Å². The molecule has 116 valence electrons. The van der Waals surface area contributed by atoms with Crippen LogP contribution in [0.5, 0.6) is 0 Å². The standard InChI is InChI=1S/C16H30N2O2/c1-4-19-10-8-18(9-11-20-5-2)16-12-14(3)6-7-15(16)13-17/h14-16H,4-12H2,1-3H3. The van der Waals surface area contributed by atoms with Crippen LogP contribution in [0.2, 0.25) is 0 Å². The van der Waals surface area contributed by atoms with Gasteiger partial charge in [0.15, 0.2) is 0 Å². The van der Waals surface area contributed by atoms with Gasteiger partial charge in [-0.1, -0.05) is 6.92 Å². The summed E-state index contributed by atoms with van der Waals surface area (Å²) < 4.78 is 11.0. The number of hydrogen-bond acceptors (Lipinski definition) is 4. The summed E-state index contributed by atoms with van der Waals surface area (Å²) in [6.07, 6.45) is 3.33. The smallest absolute Gasteiger partial charge is 0.0672 e. The van der Waals surface area contributed by atoms with E-state index in [1.54, 1.807) is 0 Å². The maximum absolute atomic E-state index is 9.40. The highest BCUT2D eigenvalue weighted by Gasteiger charge is 2.32. The first kappa shape index (κ1) is 17.4. The zero-order valence-electron chi connectivity index (χ0n) is 13.3. The molecule has 0 radical (unpaired) electrons. The normalized spacial score (nSPS) is 26.6. The summed E-state index contributed by atoms with van der Waals surface area (Å²) in [5.74, 6) is 0.876. The van der Waals surface area contributed by atoms with Gasteiger partial charge in [0.1, 0.15) is 0 Å². The Morgan fingerprint density at radius 3 is 2.20 bits per heavy atom. The molecule has 1 aliphatic rings. The van der Waals surface area contributed by atoms with Crippen LogP contribution in [0, 0.1) is 23.2 Å². The molecule has 0 N–H and O–H groups in total. The van der Waals surface area contributed by atoms with Gasteiger partial charge in [0.05, 0.1) is 25.2 Å². The lowest BCUT2D eigenvalue weighted by atomic mass is 9.79. The molecule has 3 unspecified atom stereocenters. The van der Waals surface area contributed by atoms with Crippen LogP contribution < -0.4 is 0 Å². The highest BCUT2D eigenvalue weighted by Crippen LogP contribution is 2.31. The molecular formula is C16H30N2O2. The molecule has 0 spiro atoms. The summed E-state index contributed by atoms with van der Waals surface area (Å²) in [4.78, 5) is 2.41. The maximum atomic E-state index is 9.40. The third-order valence-electron chi connectivity index (χ3n) is 4.17. The Hall–Kier alpha value is -0.630. The van der Waals surface area contributed by atoms with Crippen molar-refractivity contribution in [2.45, 2.75) is 46.1 Å². The van der Waals surface area contributed by atoms with Gasteiger partial charge in [-0.3, -0.25) is 4.90 Å². The second kappa shape index (κ2) is 10.1. The van der Waals surface area contributed by atoms with E-state index in [4.69, 9.17) is 9.47 Å². The van der Waals surface area contributed by atoms with Crippen molar-refractivity contribution < 1.29 is 9.47 Å². The minimum Gasteiger partial charge on any atom is -0.380 e. The molecule has 1 rings (SSSR count). The monoisotopic (exact) mass is 282 g/mol. The Kier molecular flexibility index (Phi) is 8.84. The average Bonchev–Trinajstić information content (AvgIpc) is 2.46. The lowest BCUT2D eigenvalue weighted by Crippen LogP contribution is -2.46. The van der Waals surface area contributed by atoms with Crippen LogP contribution in [0.4, 0.5) is 0 Å². The number of hydrogen-bond donors (Lipinski definition) is 0.